The molecule has 0 aliphatic rings. The number of aryl methyl sites for hydroxylation is 2. The van der Waals surface area contributed by atoms with E-state index in [2.05, 4.69) is 9.71 Å². The first-order valence-electron chi connectivity index (χ1n) is 6.20. The number of hydrogen-bond acceptors (Lipinski definition) is 4. The van der Waals surface area contributed by atoms with Gasteiger partial charge >= 0.3 is 0 Å². The molecule has 6 nitrogen and oxygen atoms in total. The van der Waals surface area contributed by atoms with Gasteiger partial charge in [0.15, 0.2) is 0 Å². The highest BCUT2D eigenvalue weighted by Crippen LogP contribution is 2.27. The summed E-state index contributed by atoms with van der Waals surface area (Å²) in [6.07, 6.45) is 1.31. The second-order valence-electron chi connectivity index (χ2n) is 4.64. The first-order chi connectivity index (χ1) is 9.83. The zero-order valence-electron chi connectivity index (χ0n) is 11.9. The van der Waals surface area contributed by atoms with Gasteiger partial charge in [-0.1, -0.05) is 0 Å². The van der Waals surface area contributed by atoms with E-state index in [9.17, 15) is 13.2 Å². The van der Waals surface area contributed by atoms with Crippen LogP contribution in [0.2, 0.25) is 0 Å². The molecule has 0 fully saturated rings. The smallest absolute Gasteiger partial charge is 0.262 e. The molecule has 1 heterocycles. The van der Waals surface area contributed by atoms with Crippen LogP contribution in [0, 0.1) is 13.8 Å². The molecule has 2 N–H and O–H groups in total. The summed E-state index contributed by atoms with van der Waals surface area (Å²) in [6, 6.07) is 5.99. The highest BCUT2D eigenvalue weighted by atomic mass is 32.2. The Balaban J connectivity index is 2.44. The van der Waals surface area contributed by atoms with E-state index in [1.807, 2.05) is 0 Å². The van der Waals surface area contributed by atoms with Gasteiger partial charge in [0.1, 0.15) is 5.75 Å². The molecule has 0 atom stereocenters. The minimum Gasteiger partial charge on any atom is -0.497 e. The summed E-state index contributed by atoms with van der Waals surface area (Å²) in [6.45, 7) is 3.41. The van der Waals surface area contributed by atoms with Crippen LogP contribution in [0.1, 0.15) is 11.1 Å². The quantitative estimate of drug-likeness (QED) is 0.901. The Labute approximate surface area is 122 Å². The van der Waals surface area contributed by atoms with Crippen LogP contribution in [0.5, 0.6) is 5.75 Å². The molecule has 0 spiro atoms. The molecule has 0 amide bonds. The lowest BCUT2D eigenvalue weighted by molar-refractivity contribution is 0.413. The van der Waals surface area contributed by atoms with Crippen molar-refractivity contribution in [2.24, 2.45) is 0 Å². The summed E-state index contributed by atoms with van der Waals surface area (Å²) < 4.78 is 32.5. The van der Waals surface area contributed by atoms with E-state index >= 15 is 0 Å². The lowest BCUT2D eigenvalue weighted by Gasteiger charge is -2.14. The molecule has 0 aliphatic carbocycles. The Bertz CT molecular complexity index is 782. The SMILES string of the molecule is COc1cc(C)c(S(=O)(=O)Nc2ccc(=O)[nH]c2)c(C)c1. The summed E-state index contributed by atoms with van der Waals surface area (Å²) in [5, 5.41) is 0. The van der Waals surface area contributed by atoms with Gasteiger partial charge in [-0.25, -0.2) is 8.42 Å². The summed E-state index contributed by atoms with van der Waals surface area (Å²) >= 11 is 0. The minimum absolute atomic E-state index is 0.203. The van der Waals surface area contributed by atoms with Crippen LogP contribution in [0.25, 0.3) is 0 Å². The largest absolute Gasteiger partial charge is 0.497 e. The maximum Gasteiger partial charge on any atom is 0.262 e. The molecule has 2 rings (SSSR count). The fourth-order valence-electron chi connectivity index (χ4n) is 2.13. The number of ether oxygens (including phenoxy) is 1. The lowest BCUT2D eigenvalue weighted by atomic mass is 10.1. The van der Waals surface area contributed by atoms with Crippen LogP contribution in [0.15, 0.2) is 40.2 Å². The van der Waals surface area contributed by atoms with Crippen molar-refractivity contribution in [2.45, 2.75) is 18.7 Å². The molecule has 1 aromatic heterocycles. The van der Waals surface area contributed by atoms with Gasteiger partial charge in [-0.05, 0) is 43.2 Å². The van der Waals surface area contributed by atoms with Crippen molar-refractivity contribution in [3.8, 4) is 5.75 Å². The first-order valence-corrected chi connectivity index (χ1v) is 7.68. The van der Waals surface area contributed by atoms with Crippen molar-refractivity contribution in [3.63, 3.8) is 0 Å². The number of hydrogen-bond donors (Lipinski definition) is 2. The number of anilines is 1. The standard InChI is InChI=1S/C14H16N2O4S/c1-9-6-12(20-3)7-10(2)14(9)21(18,19)16-11-4-5-13(17)15-8-11/h4-8,16H,1-3H3,(H,15,17). The Morgan fingerprint density at radius 2 is 1.76 bits per heavy atom. The van der Waals surface area contributed by atoms with Gasteiger partial charge in [0.2, 0.25) is 5.56 Å². The Kier molecular flexibility index (Phi) is 4.04. The summed E-state index contributed by atoms with van der Waals surface area (Å²) in [5.41, 5.74) is 1.17. The van der Waals surface area contributed by atoms with Crippen LogP contribution >= 0.6 is 0 Å². The number of nitrogens with one attached hydrogen (secondary N) is 2. The predicted molar refractivity (Wildman–Crippen MR) is 80.3 cm³/mol. The van der Waals surface area contributed by atoms with E-state index in [0.29, 0.717) is 22.6 Å². The van der Waals surface area contributed by atoms with E-state index in [1.165, 1.54) is 25.4 Å². The molecule has 1 aromatic carbocycles. The summed E-state index contributed by atoms with van der Waals surface area (Å²) in [4.78, 5) is 13.6. The van der Waals surface area contributed by atoms with Crippen molar-refractivity contribution in [3.05, 3.63) is 51.9 Å². The van der Waals surface area contributed by atoms with Crippen molar-refractivity contribution < 1.29 is 13.2 Å². The molecule has 0 unspecified atom stereocenters. The third-order valence-electron chi connectivity index (χ3n) is 2.97. The topological polar surface area (TPSA) is 88.3 Å². The maximum atomic E-state index is 12.5. The number of methoxy groups -OCH3 is 1. The molecular weight excluding hydrogens is 292 g/mol. The van der Waals surface area contributed by atoms with E-state index in [-0.39, 0.29) is 10.5 Å². The molecular formula is C14H16N2O4S. The second kappa shape index (κ2) is 5.61. The summed E-state index contributed by atoms with van der Waals surface area (Å²) in [7, 11) is -2.21. The van der Waals surface area contributed by atoms with Crippen molar-refractivity contribution in [1.29, 1.82) is 0 Å². The third-order valence-corrected chi connectivity index (χ3v) is 4.66. The Morgan fingerprint density at radius 1 is 1.14 bits per heavy atom. The average molecular weight is 308 g/mol. The van der Waals surface area contributed by atoms with Crippen LogP contribution < -0.4 is 15.0 Å². The Morgan fingerprint density at radius 3 is 2.24 bits per heavy atom. The zero-order valence-corrected chi connectivity index (χ0v) is 12.7. The molecule has 0 aliphatic heterocycles. The highest BCUT2D eigenvalue weighted by molar-refractivity contribution is 7.92. The molecule has 2 aromatic rings. The average Bonchev–Trinajstić information content (AvgIpc) is 2.39. The third kappa shape index (κ3) is 3.25. The van der Waals surface area contributed by atoms with Gasteiger partial charge in [0.25, 0.3) is 10.0 Å². The van der Waals surface area contributed by atoms with Crippen molar-refractivity contribution >= 4 is 15.7 Å². The van der Waals surface area contributed by atoms with Crippen molar-refractivity contribution in [2.75, 3.05) is 11.8 Å². The first kappa shape index (κ1) is 15.1. The van der Waals surface area contributed by atoms with Gasteiger partial charge in [0, 0.05) is 12.3 Å². The number of sulfonamides is 1. The molecule has 21 heavy (non-hydrogen) atoms. The van der Waals surface area contributed by atoms with Gasteiger partial charge in [-0.15, -0.1) is 0 Å². The van der Waals surface area contributed by atoms with Crippen LogP contribution in [0.3, 0.4) is 0 Å². The predicted octanol–water partition coefficient (Wildman–Crippen LogP) is 1.80. The number of rotatable bonds is 4. The Hall–Kier alpha value is -2.28. The van der Waals surface area contributed by atoms with Crippen LogP contribution in [-0.2, 0) is 10.0 Å². The summed E-state index contributed by atoms with van der Waals surface area (Å²) in [5.74, 6) is 0.605. The van der Waals surface area contributed by atoms with Gasteiger partial charge in [-0.2, -0.15) is 0 Å². The monoisotopic (exact) mass is 308 g/mol. The van der Waals surface area contributed by atoms with E-state index in [0.717, 1.165) is 0 Å². The van der Waals surface area contributed by atoms with Gasteiger partial charge in [-0.3, -0.25) is 9.52 Å². The number of H-pyrrole nitrogens is 1. The number of pyridine rings is 1. The normalized spacial score (nSPS) is 11.2. The van der Waals surface area contributed by atoms with Crippen LogP contribution in [0.4, 0.5) is 5.69 Å². The fraction of sp³-hybridized carbons (Fsp3) is 0.214. The van der Waals surface area contributed by atoms with E-state index in [1.54, 1.807) is 26.0 Å². The van der Waals surface area contributed by atoms with Crippen LogP contribution in [-0.4, -0.2) is 20.5 Å². The number of aromatic nitrogens is 1. The maximum absolute atomic E-state index is 12.5. The molecule has 0 saturated carbocycles. The number of benzene rings is 1. The van der Waals surface area contributed by atoms with Gasteiger partial charge in [0.05, 0.1) is 17.7 Å². The van der Waals surface area contributed by atoms with E-state index < -0.39 is 10.0 Å². The fourth-order valence-corrected chi connectivity index (χ4v) is 3.64. The lowest BCUT2D eigenvalue weighted by Crippen LogP contribution is -2.17. The molecule has 0 saturated heterocycles. The molecule has 112 valence electrons. The molecule has 0 bridgehead atoms. The zero-order chi connectivity index (χ0) is 15.6. The second-order valence-corrected chi connectivity index (χ2v) is 6.26. The minimum atomic E-state index is -3.74. The van der Waals surface area contributed by atoms with E-state index in [4.69, 9.17) is 4.74 Å². The molecule has 7 heteroatoms. The number of aromatic amines is 1. The van der Waals surface area contributed by atoms with Gasteiger partial charge < -0.3 is 9.72 Å². The highest BCUT2D eigenvalue weighted by Gasteiger charge is 2.20. The van der Waals surface area contributed by atoms with Crippen molar-refractivity contribution in [1.82, 2.24) is 4.98 Å². The molecule has 0 radical (unpaired) electrons.